The summed E-state index contributed by atoms with van der Waals surface area (Å²) in [6, 6.07) is 12.8. The number of nitrogens with one attached hydrogen (secondary N) is 1. The highest BCUT2D eigenvalue weighted by molar-refractivity contribution is 6.31. The van der Waals surface area contributed by atoms with Gasteiger partial charge in [-0.3, -0.25) is 14.5 Å². The van der Waals surface area contributed by atoms with Gasteiger partial charge in [-0.1, -0.05) is 24.6 Å². The highest BCUT2D eigenvalue weighted by Crippen LogP contribution is 2.27. The molecule has 160 valence electrons. The van der Waals surface area contributed by atoms with Crippen molar-refractivity contribution >= 4 is 40.6 Å². The smallest absolute Gasteiger partial charge is 0.232 e. The largest absolute Gasteiger partial charge is 0.326 e. The Morgan fingerprint density at radius 1 is 1.10 bits per heavy atom. The van der Waals surface area contributed by atoms with E-state index in [0.717, 1.165) is 0 Å². The summed E-state index contributed by atoms with van der Waals surface area (Å²) in [5.74, 6) is -1.41. The molecule has 3 rings (SSSR count). The summed E-state index contributed by atoms with van der Waals surface area (Å²) in [6.45, 7) is 1.87. The molecule has 0 spiro atoms. The molecule has 31 heavy (non-hydrogen) atoms. The second-order valence-electron chi connectivity index (χ2n) is 6.78. The number of carbonyl (C=O) groups is 2. The van der Waals surface area contributed by atoms with Crippen molar-refractivity contribution in [3.05, 3.63) is 83.0 Å². The lowest BCUT2D eigenvalue weighted by atomic mass is 10.1. The van der Waals surface area contributed by atoms with E-state index in [1.807, 2.05) is 6.92 Å². The average Bonchev–Trinajstić information content (AvgIpc) is 2.73. The highest BCUT2D eigenvalue weighted by atomic mass is 35.5. The number of benzene rings is 2. The van der Waals surface area contributed by atoms with E-state index in [-0.39, 0.29) is 35.2 Å². The van der Waals surface area contributed by atoms with Crippen molar-refractivity contribution in [1.29, 1.82) is 0 Å². The number of hydrogen-bond acceptors (Lipinski definition) is 3. The lowest BCUT2D eigenvalue weighted by Gasteiger charge is -2.22. The molecule has 0 bridgehead atoms. The minimum absolute atomic E-state index is 0.0991. The standard InChI is InChI=1S/C23H20ClF2N3O2/c1-2-4-23(31)29(17-9-7-15(25)8-10-17)21-13-16(11-12-27-21)28-22(30)14-18-19(24)5-3-6-20(18)26/h3,5-13H,2,4,14H2,1H3,(H,27,28,30). The van der Waals surface area contributed by atoms with Crippen LogP contribution < -0.4 is 10.2 Å². The van der Waals surface area contributed by atoms with Gasteiger partial charge in [0.25, 0.3) is 0 Å². The molecule has 5 nitrogen and oxygen atoms in total. The Kier molecular flexibility index (Phi) is 7.31. The molecule has 8 heteroatoms. The van der Waals surface area contributed by atoms with E-state index < -0.39 is 17.5 Å². The van der Waals surface area contributed by atoms with E-state index in [2.05, 4.69) is 10.3 Å². The Morgan fingerprint density at radius 3 is 2.52 bits per heavy atom. The summed E-state index contributed by atoms with van der Waals surface area (Å²) in [6.07, 6.45) is 2.08. The molecular formula is C23H20ClF2N3O2. The summed E-state index contributed by atoms with van der Waals surface area (Å²) >= 11 is 5.99. The minimum Gasteiger partial charge on any atom is -0.326 e. The summed E-state index contributed by atoms with van der Waals surface area (Å²) in [4.78, 5) is 30.8. The fourth-order valence-electron chi connectivity index (χ4n) is 3.01. The van der Waals surface area contributed by atoms with E-state index in [1.165, 1.54) is 59.6 Å². The molecule has 0 aliphatic rings. The predicted molar refractivity (Wildman–Crippen MR) is 116 cm³/mol. The van der Waals surface area contributed by atoms with Crippen molar-refractivity contribution in [2.75, 3.05) is 10.2 Å². The van der Waals surface area contributed by atoms with Crippen LogP contribution in [0.25, 0.3) is 0 Å². The van der Waals surface area contributed by atoms with Crippen LogP contribution in [-0.2, 0) is 16.0 Å². The molecule has 0 saturated heterocycles. The molecule has 0 atom stereocenters. The Morgan fingerprint density at radius 2 is 1.84 bits per heavy atom. The van der Waals surface area contributed by atoms with Crippen LogP contribution in [-0.4, -0.2) is 16.8 Å². The molecule has 1 aromatic heterocycles. The van der Waals surface area contributed by atoms with Gasteiger partial charge in [-0.25, -0.2) is 13.8 Å². The maximum Gasteiger partial charge on any atom is 0.232 e. The lowest BCUT2D eigenvalue weighted by Crippen LogP contribution is -2.26. The van der Waals surface area contributed by atoms with Crippen molar-refractivity contribution in [1.82, 2.24) is 4.98 Å². The minimum atomic E-state index is -0.564. The fraction of sp³-hybridized carbons (Fsp3) is 0.174. The van der Waals surface area contributed by atoms with E-state index in [1.54, 1.807) is 6.07 Å². The molecule has 1 heterocycles. The molecule has 0 radical (unpaired) electrons. The van der Waals surface area contributed by atoms with Crippen LogP contribution in [0.4, 0.5) is 26.0 Å². The number of aromatic nitrogens is 1. The van der Waals surface area contributed by atoms with Gasteiger partial charge in [0, 0.05) is 35.0 Å². The van der Waals surface area contributed by atoms with Crippen LogP contribution in [0, 0.1) is 11.6 Å². The van der Waals surface area contributed by atoms with Crippen molar-refractivity contribution in [2.24, 2.45) is 0 Å². The van der Waals surface area contributed by atoms with Gasteiger partial charge in [-0.2, -0.15) is 0 Å². The van der Waals surface area contributed by atoms with E-state index in [4.69, 9.17) is 11.6 Å². The van der Waals surface area contributed by atoms with Gasteiger partial charge >= 0.3 is 0 Å². The monoisotopic (exact) mass is 443 g/mol. The maximum absolute atomic E-state index is 14.0. The SMILES string of the molecule is CCCC(=O)N(c1ccc(F)cc1)c1cc(NC(=O)Cc2c(F)cccc2Cl)ccn1. The first-order valence-corrected chi connectivity index (χ1v) is 10.0. The number of hydrogen-bond donors (Lipinski definition) is 1. The first-order valence-electron chi connectivity index (χ1n) is 9.66. The quantitative estimate of drug-likeness (QED) is 0.512. The third-order valence-corrected chi connectivity index (χ3v) is 4.81. The summed E-state index contributed by atoms with van der Waals surface area (Å²) in [5, 5.41) is 2.83. The Bertz CT molecular complexity index is 1070. The predicted octanol–water partition coefficient (Wildman–Crippen LogP) is 5.66. The number of halogens is 3. The van der Waals surface area contributed by atoms with Crippen LogP contribution in [0.1, 0.15) is 25.3 Å². The summed E-state index contributed by atoms with van der Waals surface area (Å²) in [7, 11) is 0. The molecule has 2 amide bonds. The van der Waals surface area contributed by atoms with Crippen LogP contribution >= 0.6 is 11.6 Å². The van der Waals surface area contributed by atoms with E-state index in [9.17, 15) is 18.4 Å². The van der Waals surface area contributed by atoms with Crippen LogP contribution in [0.15, 0.2) is 60.8 Å². The zero-order valence-corrected chi connectivity index (χ0v) is 17.5. The third-order valence-electron chi connectivity index (χ3n) is 4.46. The van der Waals surface area contributed by atoms with Crippen molar-refractivity contribution < 1.29 is 18.4 Å². The number of nitrogens with zero attached hydrogens (tertiary/aromatic N) is 2. The van der Waals surface area contributed by atoms with Gasteiger partial charge in [0.1, 0.15) is 17.5 Å². The topological polar surface area (TPSA) is 62.3 Å². The van der Waals surface area contributed by atoms with Gasteiger partial charge in [-0.05, 0) is 48.9 Å². The van der Waals surface area contributed by atoms with E-state index >= 15 is 0 Å². The average molecular weight is 444 g/mol. The third kappa shape index (κ3) is 5.64. The van der Waals surface area contributed by atoms with Gasteiger partial charge in [0.15, 0.2) is 0 Å². The maximum atomic E-state index is 14.0. The number of pyridine rings is 1. The second kappa shape index (κ2) is 10.1. The Balaban J connectivity index is 1.85. The molecule has 2 aromatic carbocycles. The number of rotatable bonds is 7. The van der Waals surface area contributed by atoms with Crippen LogP contribution in [0.3, 0.4) is 0 Å². The van der Waals surface area contributed by atoms with Gasteiger partial charge < -0.3 is 5.32 Å². The molecular weight excluding hydrogens is 424 g/mol. The number of carbonyl (C=O) groups excluding carboxylic acids is 2. The number of amides is 2. The van der Waals surface area contributed by atoms with Crippen molar-refractivity contribution in [3.8, 4) is 0 Å². The molecule has 0 saturated carbocycles. The van der Waals surface area contributed by atoms with Crippen molar-refractivity contribution in [3.63, 3.8) is 0 Å². The van der Waals surface area contributed by atoms with Crippen molar-refractivity contribution in [2.45, 2.75) is 26.2 Å². The zero-order valence-electron chi connectivity index (χ0n) is 16.7. The zero-order chi connectivity index (χ0) is 22.4. The first kappa shape index (κ1) is 22.4. The summed E-state index contributed by atoms with van der Waals surface area (Å²) in [5.41, 5.74) is 0.926. The molecule has 0 unspecified atom stereocenters. The Labute approximate surface area is 183 Å². The Hall–Kier alpha value is -3.32. The van der Waals surface area contributed by atoms with Crippen LogP contribution in [0.5, 0.6) is 0 Å². The molecule has 0 fully saturated rings. The second-order valence-corrected chi connectivity index (χ2v) is 7.19. The highest BCUT2D eigenvalue weighted by Gasteiger charge is 2.20. The normalized spacial score (nSPS) is 10.6. The van der Waals surface area contributed by atoms with Crippen LogP contribution in [0.2, 0.25) is 5.02 Å². The fourth-order valence-corrected chi connectivity index (χ4v) is 3.24. The first-order chi connectivity index (χ1) is 14.9. The molecule has 3 aromatic rings. The number of anilines is 3. The van der Waals surface area contributed by atoms with Gasteiger partial charge in [0.2, 0.25) is 11.8 Å². The molecule has 0 aliphatic carbocycles. The van der Waals surface area contributed by atoms with Gasteiger partial charge in [-0.15, -0.1) is 0 Å². The van der Waals surface area contributed by atoms with E-state index in [0.29, 0.717) is 17.8 Å². The molecule has 1 N–H and O–H groups in total. The summed E-state index contributed by atoms with van der Waals surface area (Å²) < 4.78 is 27.3. The molecule has 0 aliphatic heterocycles. The van der Waals surface area contributed by atoms with Gasteiger partial charge in [0.05, 0.1) is 12.1 Å². The lowest BCUT2D eigenvalue weighted by molar-refractivity contribution is -0.118.